The second-order valence-electron chi connectivity index (χ2n) is 5.11. The molecule has 1 saturated carbocycles. The van der Waals surface area contributed by atoms with Crippen molar-refractivity contribution in [1.82, 2.24) is 5.32 Å². The van der Waals surface area contributed by atoms with Crippen LogP contribution >= 0.6 is 0 Å². The smallest absolute Gasteiger partial charge is 0.237 e. The minimum atomic E-state index is -0.820. The van der Waals surface area contributed by atoms with Gasteiger partial charge in [0.25, 0.3) is 0 Å². The highest BCUT2D eigenvalue weighted by Crippen LogP contribution is 2.31. The van der Waals surface area contributed by atoms with Crippen LogP contribution in [0.15, 0.2) is 18.2 Å². The highest BCUT2D eigenvalue weighted by atomic mass is 19.1. The van der Waals surface area contributed by atoms with Crippen LogP contribution in [0.1, 0.15) is 25.7 Å². The molecule has 6 heteroatoms. The molecule has 3 N–H and O–H groups in total. The topological polar surface area (TPSA) is 64.3 Å². The SMILES string of the molecule is CNC1(C(N)=O)CCCC(Oc2ccc(F)cc2F)C1. The van der Waals surface area contributed by atoms with Gasteiger partial charge in [0, 0.05) is 12.5 Å². The van der Waals surface area contributed by atoms with Gasteiger partial charge in [0.1, 0.15) is 17.5 Å². The van der Waals surface area contributed by atoms with Crippen molar-refractivity contribution in [2.45, 2.75) is 37.3 Å². The summed E-state index contributed by atoms with van der Waals surface area (Å²) in [6, 6.07) is 3.17. The number of rotatable bonds is 4. The summed E-state index contributed by atoms with van der Waals surface area (Å²) >= 11 is 0. The van der Waals surface area contributed by atoms with Gasteiger partial charge in [0.05, 0.1) is 0 Å². The first-order chi connectivity index (χ1) is 9.47. The lowest BCUT2D eigenvalue weighted by molar-refractivity contribution is -0.126. The molecule has 0 aromatic heterocycles. The Labute approximate surface area is 116 Å². The molecule has 2 unspecified atom stereocenters. The molecule has 1 amide bonds. The Morgan fingerprint density at radius 2 is 2.25 bits per heavy atom. The molecule has 0 saturated heterocycles. The maximum absolute atomic E-state index is 13.6. The fraction of sp³-hybridized carbons (Fsp3) is 0.500. The molecule has 1 aliphatic rings. The van der Waals surface area contributed by atoms with E-state index in [0.29, 0.717) is 19.3 Å². The molecule has 4 nitrogen and oxygen atoms in total. The number of benzene rings is 1. The minimum Gasteiger partial charge on any atom is -0.487 e. The predicted molar refractivity (Wildman–Crippen MR) is 70.2 cm³/mol. The van der Waals surface area contributed by atoms with Crippen molar-refractivity contribution in [3.05, 3.63) is 29.8 Å². The van der Waals surface area contributed by atoms with E-state index in [-0.39, 0.29) is 11.9 Å². The maximum atomic E-state index is 13.6. The van der Waals surface area contributed by atoms with Gasteiger partial charge in [0.15, 0.2) is 11.6 Å². The molecule has 0 spiro atoms. The van der Waals surface area contributed by atoms with E-state index in [2.05, 4.69) is 5.32 Å². The predicted octanol–water partition coefficient (Wildman–Crippen LogP) is 1.73. The Morgan fingerprint density at radius 1 is 1.50 bits per heavy atom. The lowest BCUT2D eigenvalue weighted by Gasteiger charge is -2.38. The normalized spacial score (nSPS) is 26.2. The molecular formula is C14H18F2N2O2. The van der Waals surface area contributed by atoms with Crippen molar-refractivity contribution in [2.75, 3.05) is 7.05 Å². The van der Waals surface area contributed by atoms with Crippen LogP contribution in [0.2, 0.25) is 0 Å². The molecule has 20 heavy (non-hydrogen) atoms. The summed E-state index contributed by atoms with van der Waals surface area (Å²) in [4.78, 5) is 11.6. The summed E-state index contributed by atoms with van der Waals surface area (Å²) in [7, 11) is 1.67. The van der Waals surface area contributed by atoms with Crippen LogP contribution in [0.3, 0.4) is 0 Å². The van der Waals surface area contributed by atoms with Crippen LogP contribution < -0.4 is 15.8 Å². The zero-order valence-electron chi connectivity index (χ0n) is 11.3. The monoisotopic (exact) mass is 284 g/mol. The first-order valence-electron chi connectivity index (χ1n) is 6.57. The van der Waals surface area contributed by atoms with E-state index in [1.165, 1.54) is 6.07 Å². The van der Waals surface area contributed by atoms with Gasteiger partial charge in [-0.25, -0.2) is 8.78 Å². The van der Waals surface area contributed by atoms with E-state index in [0.717, 1.165) is 18.6 Å². The van der Waals surface area contributed by atoms with Gasteiger partial charge in [-0.15, -0.1) is 0 Å². The van der Waals surface area contributed by atoms with Gasteiger partial charge in [0.2, 0.25) is 5.91 Å². The maximum Gasteiger partial charge on any atom is 0.237 e. The van der Waals surface area contributed by atoms with Crippen molar-refractivity contribution in [3.8, 4) is 5.75 Å². The number of primary amides is 1. The highest BCUT2D eigenvalue weighted by molar-refractivity contribution is 5.84. The van der Waals surface area contributed by atoms with Crippen LogP contribution in [0.4, 0.5) is 8.78 Å². The van der Waals surface area contributed by atoms with Crippen molar-refractivity contribution in [3.63, 3.8) is 0 Å². The second kappa shape index (κ2) is 5.75. The molecule has 1 aromatic carbocycles. The molecule has 2 atom stereocenters. The Bertz CT molecular complexity index is 510. The van der Waals surface area contributed by atoms with Gasteiger partial charge < -0.3 is 15.8 Å². The van der Waals surface area contributed by atoms with Gasteiger partial charge in [-0.1, -0.05) is 0 Å². The van der Waals surface area contributed by atoms with Crippen LogP contribution in [0, 0.1) is 11.6 Å². The van der Waals surface area contributed by atoms with Crippen LogP contribution in [-0.4, -0.2) is 24.6 Å². The zero-order chi connectivity index (χ0) is 14.8. The Hall–Kier alpha value is -1.69. The molecule has 1 fully saturated rings. The van der Waals surface area contributed by atoms with Crippen LogP contribution in [-0.2, 0) is 4.79 Å². The minimum absolute atomic E-state index is 0.00669. The van der Waals surface area contributed by atoms with E-state index < -0.39 is 23.1 Å². The number of nitrogens with two attached hydrogens (primary N) is 1. The lowest BCUT2D eigenvalue weighted by atomic mass is 9.79. The third-order valence-corrected chi connectivity index (χ3v) is 3.84. The average molecular weight is 284 g/mol. The first-order valence-corrected chi connectivity index (χ1v) is 6.57. The number of halogens is 2. The van der Waals surface area contributed by atoms with Crippen LogP contribution in [0.25, 0.3) is 0 Å². The van der Waals surface area contributed by atoms with Gasteiger partial charge in [-0.3, -0.25) is 4.79 Å². The molecule has 110 valence electrons. The number of hydrogen-bond donors (Lipinski definition) is 2. The van der Waals surface area contributed by atoms with Crippen molar-refractivity contribution in [1.29, 1.82) is 0 Å². The van der Waals surface area contributed by atoms with Crippen molar-refractivity contribution < 1.29 is 18.3 Å². The van der Waals surface area contributed by atoms with E-state index in [9.17, 15) is 13.6 Å². The summed E-state index contributed by atoms with van der Waals surface area (Å²) in [6.45, 7) is 0. The van der Waals surface area contributed by atoms with Gasteiger partial charge in [-0.05, 0) is 38.4 Å². The third-order valence-electron chi connectivity index (χ3n) is 3.84. The van der Waals surface area contributed by atoms with Gasteiger partial charge in [-0.2, -0.15) is 0 Å². The van der Waals surface area contributed by atoms with E-state index in [4.69, 9.17) is 10.5 Å². The van der Waals surface area contributed by atoms with Gasteiger partial charge >= 0.3 is 0 Å². The second-order valence-corrected chi connectivity index (χ2v) is 5.11. The molecule has 2 rings (SSSR count). The molecule has 0 radical (unpaired) electrons. The standard InChI is InChI=1S/C14H18F2N2O2/c1-18-14(13(17)19)6-2-3-10(8-14)20-12-5-4-9(15)7-11(12)16/h4-5,7,10,18H,2-3,6,8H2,1H3,(H2,17,19). The number of nitrogens with one attached hydrogen (secondary N) is 1. The summed E-state index contributed by atoms with van der Waals surface area (Å²) in [5.41, 5.74) is 4.62. The lowest BCUT2D eigenvalue weighted by Crippen LogP contribution is -2.58. The fourth-order valence-electron chi connectivity index (χ4n) is 2.65. The number of hydrogen-bond acceptors (Lipinski definition) is 3. The third kappa shape index (κ3) is 2.90. The summed E-state index contributed by atoms with van der Waals surface area (Å²) in [5.74, 6) is -1.84. The summed E-state index contributed by atoms with van der Waals surface area (Å²) < 4.78 is 32.0. The van der Waals surface area contributed by atoms with Crippen molar-refractivity contribution in [2.24, 2.45) is 5.73 Å². The Balaban J connectivity index is 2.11. The summed E-state index contributed by atoms with van der Waals surface area (Å²) in [6.07, 6.45) is 2.12. The van der Waals surface area contributed by atoms with Crippen molar-refractivity contribution >= 4 is 5.91 Å². The number of likely N-dealkylation sites (N-methyl/N-ethyl adjacent to an activating group) is 1. The number of carbonyl (C=O) groups excluding carboxylic acids is 1. The molecular weight excluding hydrogens is 266 g/mol. The van der Waals surface area contributed by atoms with E-state index in [1.807, 2.05) is 0 Å². The fourth-order valence-corrected chi connectivity index (χ4v) is 2.65. The molecule has 1 aliphatic carbocycles. The average Bonchev–Trinajstić information content (AvgIpc) is 2.42. The Kier molecular flexibility index (Phi) is 4.23. The quantitative estimate of drug-likeness (QED) is 0.885. The largest absolute Gasteiger partial charge is 0.487 e. The molecule has 1 aromatic rings. The number of amides is 1. The number of ether oxygens (including phenoxy) is 1. The molecule has 0 heterocycles. The number of carbonyl (C=O) groups is 1. The van der Waals surface area contributed by atoms with Crippen LogP contribution in [0.5, 0.6) is 5.75 Å². The summed E-state index contributed by atoms with van der Waals surface area (Å²) in [5, 5.41) is 2.95. The zero-order valence-corrected chi connectivity index (χ0v) is 11.3. The molecule has 0 aliphatic heterocycles. The molecule has 0 bridgehead atoms. The van der Waals surface area contributed by atoms with E-state index >= 15 is 0 Å². The highest BCUT2D eigenvalue weighted by Gasteiger charge is 2.41. The first kappa shape index (κ1) is 14.7. The Morgan fingerprint density at radius 3 is 2.85 bits per heavy atom. The van der Waals surface area contributed by atoms with E-state index in [1.54, 1.807) is 7.05 Å².